The summed E-state index contributed by atoms with van der Waals surface area (Å²) >= 11 is 0. The van der Waals surface area contributed by atoms with Crippen molar-refractivity contribution in [2.75, 3.05) is 12.8 Å². The van der Waals surface area contributed by atoms with E-state index in [4.69, 9.17) is 15.6 Å². The molecule has 9 heteroatoms. The second kappa shape index (κ2) is 5.84. The molecule has 23 heavy (non-hydrogen) atoms. The Bertz CT molecular complexity index is 967. The number of sulfone groups is 1. The fourth-order valence-electron chi connectivity index (χ4n) is 2.07. The first-order chi connectivity index (χ1) is 10.6. The SMILES string of the molecule is COc1ccc(S(=O)(=O)c2cc(C)ccc2S(N)(=O)=O)cc1N. The predicted octanol–water partition coefficient (Wildman–Crippen LogP) is 1.07. The van der Waals surface area contributed by atoms with Gasteiger partial charge in [0, 0.05) is 0 Å². The summed E-state index contributed by atoms with van der Waals surface area (Å²) in [5, 5.41) is 5.12. The number of sulfonamides is 1. The second-order valence-corrected chi connectivity index (χ2v) is 8.35. The summed E-state index contributed by atoms with van der Waals surface area (Å²) in [6, 6.07) is 7.80. The first kappa shape index (κ1) is 17.3. The molecule has 0 aromatic heterocycles. The van der Waals surface area contributed by atoms with Crippen molar-refractivity contribution in [2.45, 2.75) is 21.6 Å². The molecule has 7 nitrogen and oxygen atoms in total. The van der Waals surface area contributed by atoms with Crippen molar-refractivity contribution >= 4 is 25.5 Å². The molecule has 2 rings (SSSR count). The monoisotopic (exact) mass is 356 g/mol. The Morgan fingerprint density at radius 3 is 2.13 bits per heavy atom. The van der Waals surface area contributed by atoms with Gasteiger partial charge < -0.3 is 10.5 Å². The van der Waals surface area contributed by atoms with Gasteiger partial charge in [-0.3, -0.25) is 0 Å². The smallest absolute Gasteiger partial charge is 0.239 e. The van der Waals surface area contributed by atoms with Crippen LogP contribution in [0.4, 0.5) is 5.69 Å². The molecule has 0 saturated carbocycles. The van der Waals surface area contributed by atoms with E-state index in [-0.39, 0.29) is 15.5 Å². The van der Waals surface area contributed by atoms with Crippen molar-refractivity contribution in [2.24, 2.45) is 5.14 Å². The number of rotatable bonds is 4. The summed E-state index contributed by atoms with van der Waals surface area (Å²) in [4.78, 5) is -0.992. The van der Waals surface area contributed by atoms with Gasteiger partial charge in [0.05, 0.1) is 22.6 Å². The van der Waals surface area contributed by atoms with Crippen LogP contribution in [-0.4, -0.2) is 23.9 Å². The van der Waals surface area contributed by atoms with Crippen molar-refractivity contribution < 1.29 is 21.6 Å². The number of hydrogen-bond acceptors (Lipinski definition) is 6. The summed E-state index contributed by atoms with van der Waals surface area (Å²) < 4.78 is 53.9. The van der Waals surface area contributed by atoms with E-state index in [1.807, 2.05) is 0 Å². The maximum Gasteiger partial charge on any atom is 0.239 e. The fourth-order valence-corrected chi connectivity index (χ4v) is 4.80. The van der Waals surface area contributed by atoms with E-state index < -0.39 is 24.8 Å². The number of anilines is 1. The van der Waals surface area contributed by atoms with Gasteiger partial charge in [0.1, 0.15) is 10.6 Å². The number of benzene rings is 2. The lowest BCUT2D eigenvalue weighted by Crippen LogP contribution is -2.17. The maximum atomic E-state index is 12.8. The number of nitrogens with two attached hydrogens (primary N) is 2. The molecule has 0 atom stereocenters. The standard InChI is InChI=1S/C14H16N2O5S2/c1-9-3-6-13(23(16,19)20)14(7-9)22(17,18)10-4-5-12(21-2)11(15)8-10/h3-8H,15H2,1-2H3,(H2,16,19,20). The highest BCUT2D eigenvalue weighted by Crippen LogP contribution is 2.31. The van der Waals surface area contributed by atoms with Gasteiger partial charge in [-0.15, -0.1) is 0 Å². The first-order valence-corrected chi connectivity index (χ1v) is 9.42. The van der Waals surface area contributed by atoms with Crippen molar-refractivity contribution in [1.29, 1.82) is 0 Å². The van der Waals surface area contributed by atoms with Crippen molar-refractivity contribution in [3.05, 3.63) is 42.0 Å². The van der Waals surface area contributed by atoms with Crippen LogP contribution in [0.2, 0.25) is 0 Å². The Labute approximate surface area is 134 Å². The van der Waals surface area contributed by atoms with Crippen molar-refractivity contribution in [3.63, 3.8) is 0 Å². The minimum Gasteiger partial charge on any atom is -0.495 e. The van der Waals surface area contributed by atoms with Gasteiger partial charge in [0.2, 0.25) is 19.9 Å². The molecule has 124 valence electrons. The lowest BCUT2D eigenvalue weighted by molar-refractivity contribution is 0.416. The van der Waals surface area contributed by atoms with Crippen LogP contribution >= 0.6 is 0 Å². The molecule has 2 aromatic carbocycles. The Balaban J connectivity index is 2.75. The third kappa shape index (κ3) is 3.31. The fraction of sp³-hybridized carbons (Fsp3) is 0.143. The third-order valence-corrected chi connectivity index (χ3v) is 6.10. The number of methoxy groups -OCH3 is 1. The summed E-state index contributed by atoms with van der Waals surface area (Å²) in [5.74, 6) is 0.319. The first-order valence-electron chi connectivity index (χ1n) is 6.39. The van der Waals surface area contributed by atoms with E-state index in [0.29, 0.717) is 11.3 Å². The van der Waals surface area contributed by atoms with Gasteiger partial charge in [-0.25, -0.2) is 22.0 Å². The average Bonchev–Trinajstić information content (AvgIpc) is 2.45. The third-order valence-electron chi connectivity index (χ3n) is 3.21. The van der Waals surface area contributed by atoms with Crippen molar-refractivity contribution in [3.8, 4) is 5.75 Å². The number of aryl methyl sites for hydroxylation is 1. The highest BCUT2D eigenvalue weighted by atomic mass is 32.2. The largest absolute Gasteiger partial charge is 0.495 e. The molecular weight excluding hydrogens is 340 g/mol. The van der Waals surface area contributed by atoms with Crippen LogP contribution in [0, 0.1) is 6.92 Å². The second-order valence-electron chi connectivity index (χ2n) is 4.90. The number of nitrogen functional groups attached to an aromatic ring is 1. The Hall–Kier alpha value is -2.10. The summed E-state index contributed by atoms with van der Waals surface area (Å²) in [6.45, 7) is 1.65. The van der Waals surface area contributed by atoms with Gasteiger partial charge in [-0.05, 0) is 42.8 Å². The van der Waals surface area contributed by atoms with Gasteiger partial charge in [-0.1, -0.05) is 6.07 Å². The molecule has 2 aromatic rings. The van der Waals surface area contributed by atoms with Crippen LogP contribution < -0.4 is 15.6 Å². The van der Waals surface area contributed by atoms with Crippen LogP contribution in [-0.2, 0) is 19.9 Å². The minimum absolute atomic E-state index is 0.124. The summed E-state index contributed by atoms with van der Waals surface area (Å²) in [7, 11) is -6.91. The number of primary sulfonamides is 1. The average molecular weight is 356 g/mol. The zero-order chi connectivity index (χ0) is 17.4. The van der Waals surface area contributed by atoms with E-state index in [2.05, 4.69) is 0 Å². The molecule has 0 bridgehead atoms. The molecule has 0 fully saturated rings. The van der Waals surface area contributed by atoms with Gasteiger partial charge in [-0.2, -0.15) is 0 Å². The van der Waals surface area contributed by atoms with Gasteiger partial charge >= 0.3 is 0 Å². The minimum atomic E-state index is -4.20. The van der Waals surface area contributed by atoms with Crippen LogP contribution in [0.1, 0.15) is 5.56 Å². The Kier molecular flexibility index (Phi) is 4.38. The zero-order valence-corrected chi connectivity index (χ0v) is 14.1. The molecule has 0 saturated heterocycles. The molecule has 0 amide bonds. The number of ether oxygens (including phenoxy) is 1. The molecule has 0 radical (unpaired) electrons. The molecule has 0 unspecified atom stereocenters. The lowest BCUT2D eigenvalue weighted by atomic mass is 10.2. The molecule has 0 heterocycles. The summed E-state index contributed by atoms with van der Waals surface area (Å²) in [5.41, 5.74) is 6.43. The predicted molar refractivity (Wildman–Crippen MR) is 85.4 cm³/mol. The highest BCUT2D eigenvalue weighted by Gasteiger charge is 2.26. The van der Waals surface area contributed by atoms with Gasteiger partial charge in [0.25, 0.3) is 0 Å². The molecule has 4 N–H and O–H groups in total. The number of hydrogen-bond donors (Lipinski definition) is 2. The van der Waals surface area contributed by atoms with Crippen LogP contribution in [0.5, 0.6) is 5.75 Å². The highest BCUT2D eigenvalue weighted by molar-refractivity contribution is 7.93. The quantitative estimate of drug-likeness (QED) is 0.788. The lowest BCUT2D eigenvalue weighted by Gasteiger charge is -2.12. The van der Waals surface area contributed by atoms with E-state index >= 15 is 0 Å². The van der Waals surface area contributed by atoms with E-state index in [1.165, 1.54) is 43.5 Å². The molecular formula is C14H16N2O5S2. The van der Waals surface area contributed by atoms with E-state index in [1.54, 1.807) is 6.92 Å². The molecule has 0 spiro atoms. The van der Waals surface area contributed by atoms with Crippen LogP contribution in [0.25, 0.3) is 0 Å². The van der Waals surface area contributed by atoms with Crippen LogP contribution in [0.15, 0.2) is 51.1 Å². The Morgan fingerprint density at radius 1 is 0.957 bits per heavy atom. The van der Waals surface area contributed by atoms with Crippen LogP contribution in [0.3, 0.4) is 0 Å². The topological polar surface area (TPSA) is 130 Å². The van der Waals surface area contributed by atoms with Crippen molar-refractivity contribution in [1.82, 2.24) is 0 Å². The normalized spacial score (nSPS) is 12.1. The van der Waals surface area contributed by atoms with E-state index in [0.717, 1.165) is 0 Å². The van der Waals surface area contributed by atoms with E-state index in [9.17, 15) is 16.8 Å². The maximum absolute atomic E-state index is 12.8. The zero-order valence-electron chi connectivity index (χ0n) is 12.5. The van der Waals surface area contributed by atoms with Gasteiger partial charge in [0.15, 0.2) is 0 Å². The molecule has 0 aliphatic rings. The summed E-state index contributed by atoms with van der Waals surface area (Å²) in [6.07, 6.45) is 0. The molecule has 0 aliphatic heterocycles. The molecule has 0 aliphatic carbocycles. The Morgan fingerprint density at radius 2 is 1.61 bits per heavy atom.